The highest BCUT2D eigenvalue weighted by Crippen LogP contribution is 2.25. The van der Waals surface area contributed by atoms with Crippen LogP contribution in [0.3, 0.4) is 0 Å². The first-order valence-electron chi connectivity index (χ1n) is 9.21. The second-order valence-electron chi connectivity index (χ2n) is 6.79. The molecule has 0 saturated heterocycles. The second kappa shape index (κ2) is 6.48. The normalized spacial score (nSPS) is 14.0. The zero-order chi connectivity index (χ0) is 18.3. The van der Waals surface area contributed by atoms with E-state index in [1.54, 1.807) is 11.6 Å². The molecule has 1 aliphatic heterocycles. The molecule has 0 amide bonds. The number of aryl methyl sites for hydroxylation is 2. The fraction of sp³-hybridized carbons (Fsp3) is 0.421. The third-order valence-electron chi connectivity index (χ3n) is 5.10. The number of benzene rings is 1. The van der Waals surface area contributed by atoms with Crippen LogP contribution < -0.4 is 20.7 Å². The van der Waals surface area contributed by atoms with E-state index in [0.717, 1.165) is 44.0 Å². The molecule has 3 aromatic rings. The largest absolute Gasteiger partial charge is 0.364 e. The number of nitrogens with zero attached hydrogens (tertiary/aromatic N) is 4. The summed E-state index contributed by atoms with van der Waals surface area (Å²) in [4.78, 5) is 31.2. The number of para-hydroxylation sites is 1. The quantitative estimate of drug-likeness (QED) is 0.725. The molecule has 0 bridgehead atoms. The van der Waals surface area contributed by atoms with Crippen molar-refractivity contribution in [2.24, 2.45) is 7.05 Å². The van der Waals surface area contributed by atoms with Gasteiger partial charge in [-0.25, -0.2) is 19.2 Å². The average Bonchev–Trinajstić information content (AvgIpc) is 3.07. The lowest BCUT2D eigenvalue weighted by atomic mass is 10.2. The van der Waals surface area contributed by atoms with Crippen LogP contribution in [-0.2, 0) is 20.1 Å². The van der Waals surface area contributed by atoms with Crippen LogP contribution in [0.15, 0.2) is 39.9 Å². The number of aromatic nitrogens is 4. The highest BCUT2D eigenvalue weighted by atomic mass is 16.2. The van der Waals surface area contributed by atoms with Crippen molar-refractivity contribution < 1.29 is 4.57 Å². The van der Waals surface area contributed by atoms with Gasteiger partial charge in [0.15, 0.2) is 0 Å². The Labute approximate surface area is 151 Å². The Hall–Kier alpha value is -2.83. The van der Waals surface area contributed by atoms with Crippen LogP contribution in [-0.4, -0.2) is 20.7 Å². The zero-order valence-electron chi connectivity index (χ0n) is 15.2. The molecule has 0 saturated carbocycles. The first-order valence-corrected chi connectivity index (χ1v) is 9.21. The van der Waals surface area contributed by atoms with Crippen molar-refractivity contribution in [1.29, 1.82) is 0 Å². The maximum Gasteiger partial charge on any atom is 0.364 e. The third-order valence-corrected chi connectivity index (χ3v) is 5.10. The summed E-state index contributed by atoms with van der Waals surface area (Å²) in [5, 5.41) is 0. The monoisotopic (exact) mass is 354 g/mol. The number of nitrogens with one attached hydrogen (secondary N) is 1. The number of H-pyrrole nitrogens is 1. The lowest BCUT2D eigenvalue weighted by Crippen LogP contribution is -2.49. The molecule has 0 atom stereocenters. The first kappa shape index (κ1) is 16.6. The summed E-state index contributed by atoms with van der Waals surface area (Å²) in [6, 6.07) is 10.1. The van der Waals surface area contributed by atoms with Gasteiger partial charge in [-0.05, 0) is 18.6 Å². The second-order valence-corrected chi connectivity index (χ2v) is 6.79. The SMILES string of the molecule is CCCCn1c(=O)c2c([nH]c3[n+]2CCCN3c2ccccc2)n(C)c1=O. The van der Waals surface area contributed by atoms with E-state index < -0.39 is 0 Å². The maximum absolute atomic E-state index is 13.1. The van der Waals surface area contributed by atoms with Gasteiger partial charge in [-0.15, -0.1) is 0 Å². The molecule has 3 heterocycles. The van der Waals surface area contributed by atoms with E-state index in [9.17, 15) is 9.59 Å². The van der Waals surface area contributed by atoms with Crippen LogP contribution in [0.4, 0.5) is 11.6 Å². The molecule has 4 rings (SSSR count). The van der Waals surface area contributed by atoms with Crippen molar-refractivity contribution >= 4 is 22.8 Å². The lowest BCUT2D eigenvalue weighted by molar-refractivity contribution is -0.663. The fourth-order valence-corrected chi connectivity index (χ4v) is 3.71. The van der Waals surface area contributed by atoms with Crippen LogP contribution in [0.2, 0.25) is 0 Å². The Balaban J connectivity index is 1.96. The molecule has 0 aliphatic carbocycles. The summed E-state index contributed by atoms with van der Waals surface area (Å²) in [5.74, 6) is 0.859. The van der Waals surface area contributed by atoms with Gasteiger partial charge in [-0.2, -0.15) is 0 Å². The van der Waals surface area contributed by atoms with E-state index >= 15 is 0 Å². The zero-order valence-corrected chi connectivity index (χ0v) is 15.2. The van der Waals surface area contributed by atoms with Crippen molar-refractivity contribution in [3.05, 3.63) is 51.2 Å². The topological polar surface area (TPSA) is 66.9 Å². The van der Waals surface area contributed by atoms with Gasteiger partial charge in [0.25, 0.3) is 5.56 Å². The van der Waals surface area contributed by atoms with Gasteiger partial charge in [0.2, 0.25) is 11.2 Å². The van der Waals surface area contributed by atoms with Gasteiger partial charge in [0, 0.05) is 20.0 Å². The number of rotatable bonds is 4. The van der Waals surface area contributed by atoms with Crippen molar-refractivity contribution in [3.63, 3.8) is 0 Å². The number of anilines is 2. The summed E-state index contributed by atoms with van der Waals surface area (Å²) in [6.45, 7) is 4.15. The molecule has 0 spiro atoms. The predicted molar refractivity (Wildman–Crippen MR) is 101 cm³/mol. The van der Waals surface area contributed by atoms with Gasteiger partial charge in [0.1, 0.15) is 5.69 Å². The molecular weight excluding hydrogens is 330 g/mol. The molecule has 1 aromatic carbocycles. The number of imidazole rings is 1. The van der Waals surface area contributed by atoms with Crippen LogP contribution >= 0.6 is 0 Å². The Kier molecular flexibility index (Phi) is 4.14. The smallest absolute Gasteiger partial charge is 0.267 e. The van der Waals surface area contributed by atoms with Crippen molar-refractivity contribution in [2.75, 3.05) is 11.4 Å². The van der Waals surface area contributed by atoms with Crippen LogP contribution in [0.1, 0.15) is 26.2 Å². The summed E-state index contributed by atoms with van der Waals surface area (Å²) in [5.41, 5.74) is 1.78. The Bertz CT molecular complexity index is 1060. The molecular formula is C19H24N5O2+. The van der Waals surface area contributed by atoms with Gasteiger partial charge >= 0.3 is 11.6 Å². The van der Waals surface area contributed by atoms with Crippen molar-refractivity contribution in [2.45, 2.75) is 39.3 Å². The highest BCUT2D eigenvalue weighted by molar-refractivity contribution is 5.70. The van der Waals surface area contributed by atoms with Crippen LogP contribution in [0.25, 0.3) is 11.2 Å². The summed E-state index contributed by atoms with van der Waals surface area (Å²) >= 11 is 0. The van der Waals surface area contributed by atoms with E-state index in [1.807, 2.05) is 22.8 Å². The molecule has 0 fully saturated rings. The minimum Gasteiger partial charge on any atom is -0.267 e. The predicted octanol–water partition coefficient (Wildman–Crippen LogP) is 1.66. The van der Waals surface area contributed by atoms with Gasteiger partial charge in [0.05, 0.1) is 13.1 Å². The van der Waals surface area contributed by atoms with E-state index in [-0.39, 0.29) is 11.2 Å². The van der Waals surface area contributed by atoms with Gasteiger partial charge in [-0.3, -0.25) is 13.9 Å². The molecule has 136 valence electrons. The summed E-state index contributed by atoms with van der Waals surface area (Å²) < 4.78 is 4.95. The molecule has 26 heavy (non-hydrogen) atoms. The molecule has 0 unspecified atom stereocenters. The molecule has 7 nitrogen and oxygen atoms in total. The first-order chi connectivity index (χ1) is 12.6. The van der Waals surface area contributed by atoms with Crippen molar-refractivity contribution in [1.82, 2.24) is 14.1 Å². The van der Waals surface area contributed by atoms with Crippen LogP contribution in [0, 0.1) is 0 Å². The number of unbranched alkanes of at least 4 members (excludes halogenated alkanes) is 1. The maximum atomic E-state index is 13.1. The molecule has 0 radical (unpaired) electrons. The van der Waals surface area contributed by atoms with E-state index in [0.29, 0.717) is 17.7 Å². The third kappa shape index (κ3) is 2.46. The van der Waals surface area contributed by atoms with Crippen LogP contribution in [0.5, 0.6) is 0 Å². The van der Waals surface area contributed by atoms with E-state index in [4.69, 9.17) is 0 Å². The Morgan fingerprint density at radius 1 is 1.19 bits per heavy atom. The number of aromatic amines is 1. The molecule has 2 aromatic heterocycles. The Morgan fingerprint density at radius 3 is 2.69 bits per heavy atom. The van der Waals surface area contributed by atoms with Gasteiger partial charge in [-0.1, -0.05) is 31.5 Å². The number of hydrogen-bond donors (Lipinski definition) is 1. The number of fused-ring (bicyclic) bond motifs is 3. The average molecular weight is 354 g/mol. The number of hydrogen-bond acceptors (Lipinski definition) is 3. The van der Waals surface area contributed by atoms with Gasteiger partial charge < -0.3 is 0 Å². The van der Waals surface area contributed by atoms with E-state index in [1.165, 1.54) is 4.57 Å². The molecule has 7 heteroatoms. The van der Waals surface area contributed by atoms with E-state index in [2.05, 4.69) is 28.9 Å². The summed E-state index contributed by atoms with van der Waals surface area (Å²) in [7, 11) is 1.72. The summed E-state index contributed by atoms with van der Waals surface area (Å²) in [6.07, 6.45) is 2.69. The molecule has 1 N–H and O–H groups in total. The van der Waals surface area contributed by atoms with Crippen molar-refractivity contribution in [3.8, 4) is 0 Å². The minimum atomic E-state index is -0.263. The Morgan fingerprint density at radius 2 is 1.96 bits per heavy atom. The standard InChI is InChI=1S/C19H23N5O2/c1-3-4-11-24-17(25)15-16(21(2)19(24)26)20-18-22(12-8-13-23(15)18)14-9-6-5-7-10-14/h5-7,9-10H,3-4,8,11-13H2,1-2H3/p+1. The minimum absolute atomic E-state index is 0.200. The fourth-order valence-electron chi connectivity index (χ4n) is 3.71. The molecule has 1 aliphatic rings. The lowest BCUT2D eigenvalue weighted by Gasteiger charge is -2.21. The highest BCUT2D eigenvalue weighted by Gasteiger charge is 2.32.